The maximum Gasteiger partial charge on any atom is 0.251 e. The summed E-state index contributed by atoms with van der Waals surface area (Å²) in [7, 11) is -2.93. The summed E-state index contributed by atoms with van der Waals surface area (Å²) in [6.07, 6.45) is 3.10. The molecule has 0 aliphatic carbocycles. The number of amides is 1. The van der Waals surface area contributed by atoms with Gasteiger partial charge in [0, 0.05) is 50.1 Å². The topological polar surface area (TPSA) is 126 Å². The van der Waals surface area contributed by atoms with Crippen molar-refractivity contribution >= 4 is 28.1 Å². The number of carbonyl (C=O) groups excluding carboxylic acids is 1. The number of anilines is 2. The van der Waals surface area contributed by atoms with Crippen LogP contribution in [-0.2, 0) is 11.2 Å². The summed E-state index contributed by atoms with van der Waals surface area (Å²) >= 11 is 0. The number of ether oxygens (including phenoxy) is 1. The van der Waals surface area contributed by atoms with E-state index in [-0.39, 0.29) is 11.9 Å². The number of benzene rings is 2. The van der Waals surface area contributed by atoms with E-state index in [1.807, 2.05) is 43.3 Å². The third kappa shape index (κ3) is 7.84. The van der Waals surface area contributed by atoms with Gasteiger partial charge in [-0.1, -0.05) is 30.3 Å². The summed E-state index contributed by atoms with van der Waals surface area (Å²) in [6, 6.07) is 14.9. The molecule has 0 radical (unpaired) electrons. The first-order chi connectivity index (χ1) is 18.4. The largest absolute Gasteiger partial charge is 0.390 e. The van der Waals surface area contributed by atoms with E-state index < -0.39 is 22.9 Å². The van der Waals surface area contributed by atoms with Crippen LogP contribution in [0.2, 0.25) is 0 Å². The van der Waals surface area contributed by atoms with Gasteiger partial charge in [-0.15, -0.1) is 10.8 Å². The molecule has 2 aromatic rings. The van der Waals surface area contributed by atoms with Gasteiger partial charge < -0.3 is 25.8 Å². The van der Waals surface area contributed by atoms with Crippen LogP contribution in [0.15, 0.2) is 48.5 Å². The molecule has 38 heavy (non-hydrogen) atoms. The van der Waals surface area contributed by atoms with Gasteiger partial charge in [-0.3, -0.25) is 18.2 Å². The Balaban J connectivity index is 1.53. The molecule has 4 rings (SSSR count). The van der Waals surface area contributed by atoms with Crippen LogP contribution in [0.5, 0.6) is 0 Å². The van der Waals surface area contributed by atoms with E-state index in [0.29, 0.717) is 56.3 Å². The maximum atomic E-state index is 13.6. The molecule has 1 amide bonds. The molecule has 0 spiro atoms. The van der Waals surface area contributed by atoms with Crippen LogP contribution in [-0.4, -0.2) is 76.9 Å². The van der Waals surface area contributed by atoms with Gasteiger partial charge in [-0.05, 0) is 62.8 Å². The lowest BCUT2D eigenvalue weighted by Gasteiger charge is -2.47. The van der Waals surface area contributed by atoms with Crippen molar-refractivity contribution in [2.24, 2.45) is 0 Å². The van der Waals surface area contributed by atoms with Crippen molar-refractivity contribution in [3.63, 3.8) is 0 Å². The summed E-state index contributed by atoms with van der Waals surface area (Å²) in [5, 5.41) is 20.9. The third-order valence-electron chi connectivity index (χ3n) is 7.15. The van der Waals surface area contributed by atoms with Gasteiger partial charge in [-0.2, -0.15) is 0 Å². The van der Waals surface area contributed by atoms with Gasteiger partial charge in [-0.25, -0.2) is 0 Å². The van der Waals surface area contributed by atoms with Crippen molar-refractivity contribution in [3.05, 3.63) is 59.7 Å². The van der Waals surface area contributed by atoms with E-state index in [0.717, 1.165) is 36.9 Å². The summed E-state index contributed by atoms with van der Waals surface area (Å²) in [5.74, 6) is 0.0105. The molecule has 2 aliphatic rings. The Kier molecular flexibility index (Phi) is 10.3. The van der Waals surface area contributed by atoms with Gasteiger partial charge >= 0.3 is 0 Å². The van der Waals surface area contributed by atoms with Gasteiger partial charge in [0.1, 0.15) is 0 Å². The monoisotopic (exact) mass is 546 g/mol. The van der Waals surface area contributed by atoms with Crippen molar-refractivity contribution < 1.29 is 23.7 Å². The lowest BCUT2D eigenvalue weighted by molar-refractivity contribution is 0.0657. The van der Waals surface area contributed by atoms with Crippen molar-refractivity contribution in [1.29, 1.82) is 0 Å². The van der Waals surface area contributed by atoms with Crippen LogP contribution in [0.3, 0.4) is 0 Å². The third-order valence-corrected chi connectivity index (χ3v) is 9.08. The summed E-state index contributed by atoms with van der Waals surface area (Å²) in [4.78, 5) is 13.6. The van der Waals surface area contributed by atoms with Gasteiger partial charge in [0.15, 0.2) is 0 Å². The maximum absolute atomic E-state index is 13.6. The molecular weight excluding hydrogens is 504 g/mol. The van der Waals surface area contributed by atoms with E-state index in [9.17, 15) is 19.0 Å². The molecule has 0 unspecified atom stereocenters. The number of carbonyl (C=O) groups is 1. The Labute approximate surface area is 227 Å². The van der Waals surface area contributed by atoms with Crippen LogP contribution in [0.1, 0.15) is 48.5 Å². The minimum Gasteiger partial charge on any atom is -0.390 e. The Morgan fingerprint density at radius 3 is 2.61 bits per heavy atom. The number of aliphatic hydroxyl groups is 1. The minimum atomic E-state index is -2.93. The molecule has 9 nitrogen and oxygen atoms in total. The summed E-state index contributed by atoms with van der Waals surface area (Å²) in [5.41, 5.74) is 2.76. The Bertz CT molecular complexity index is 1040. The zero-order chi connectivity index (χ0) is 27.0. The predicted molar refractivity (Wildman–Crippen MR) is 154 cm³/mol. The lowest BCUT2D eigenvalue weighted by Crippen LogP contribution is -2.50. The lowest BCUT2D eigenvalue weighted by atomic mass is 9.99. The van der Waals surface area contributed by atoms with E-state index in [1.54, 1.807) is 16.4 Å². The first-order valence-corrected chi connectivity index (χ1v) is 15.3. The number of rotatable bonds is 11. The normalized spacial score (nSPS) is 20.4. The van der Waals surface area contributed by atoms with Crippen LogP contribution in [0.4, 0.5) is 11.4 Å². The van der Waals surface area contributed by atoms with E-state index in [4.69, 9.17) is 4.74 Å². The van der Waals surface area contributed by atoms with Crippen LogP contribution >= 0.6 is 10.8 Å². The number of hydrogen-bond acceptors (Lipinski definition) is 8. The van der Waals surface area contributed by atoms with Crippen molar-refractivity contribution in [1.82, 2.24) is 10.6 Å². The van der Waals surface area contributed by atoms with Crippen molar-refractivity contribution in [2.75, 3.05) is 48.2 Å². The molecule has 2 atom stereocenters. The number of hydrogen-bond donors (Lipinski definition) is 6. The molecule has 0 saturated carbocycles. The molecule has 2 saturated heterocycles. The predicted octanol–water partition coefficient (Wildman–Crippen LogP) is 3.85. The highest BCUT2D eigenvalue weighted by atomic mass is 32.3. The molecule has 210 valence electrons. The smallest absolute Gasteiger partial charge is 0.251 e. The van der Waals surface area contributed by atoms with Crippen molar-refractivity contribution in [2.45, 2.75) is 57.2 Å². The Morgan fingerprint density at radius 1 is 1.13 bits per heavy atom. The van der Waals surface area contributed by atoms with Crippen LogP contribution in [0.25, 0.3) is 0 Å². The second kappa shape index (κ2) is 13.6. The molecule has 10 heteroatoms. The fourth-order valence-corrected chi connectivity index (χ4v) is 6.71. The van der Waals surface area contributed by atoms with Gasteiger partial charge in [0.2, 0.25) is 0 Å². The van der Waals surface area contributed by atoms with Gasteiger partial charge in [0.05, 0.1) is 23.6 Å². The van der Waals surface area contributed by atoms with E-state index >= 15 is 0 Å². The zero-order valence-corrected chi connectivity index (χ0v) is 23.0. The highest BCUT2D eigenvalue weighted by Crippen LogP contribution is 2.50. The molecule has 2 heterocycles. The van der Waals surface area contributed by atoms with Crippen molar-refractivity contribution in [3.8, 4) is 0 Å². The average Bonchev–Trinajstić information content (AvgIpc) is 2.92. The molecule has 2 fully saturated rings. The summed E-state index contributed by atoms with van der Waals surface area (Å²) in [6.45, 7) is 4.94. The minimum absolute atomic E-state index is 0.287. The quantitative estimate of drug-likeness (QED) is 0.251. The molecule has 0 bridgehead atoms. The Hall–Kier alpha value is -2.34. The Morgan fingerprint density at radius 2 is 1.89 bits per heavy atom. The first-order valence-electron chi connectivity index (χ1n) is 13.6. The molecule has 6 N–H and O–H groups in total. The number of aliphatic hydroxyl groups excluding tert-OH is 1. The average molecular weight is 547 g/mol. The fraction of sp³-hybridized carbons (Fsp3) is 0.536. The molecular formula is C28H42N4O5S. The van der Waals surface area contributed by atoms with Crippen LogP contribution < -0.4 is 20.3 Å². The van der Waals surface area contributed by atoms with Gasteiger partial charge in [0.25, 0.3) is 5.91 Å². The SMILES string of the molecule is CCNc1cc(C(=O)N[C@@H](Cc2ccccc2)[C@@H](O)CNC2CCOCC2)cc(N2CCCCS2(O)O)c1. The number of nitrogens with one attached hydrogen (secondary N) is 3. The fourth-order valence-electron chi connectivity index (χ4n) is 5.03. The second-order valence-electron chi connectivity index (χ2n) is 10.1. The second-order valence-corrected chi connectivity index (χ2v) is 12.2. The highest BCUT2D eigenvalue weighted by Gasteiger charge is 2.29. The summed E-state index contributed by atoms with van der Waals surface area (Å²) < 4.78 is 28.4. The van der Waals surface area contributed by atoms with Crippen LogP contribution in [0, 0.1) is 0 Å². The molecule has 2 aliphatic heterocycles. The zero-order valence-electron chi connectivity index (χ0n) is 22.1. The highest BCUT2D eigenvalue weighted by molar-refractivity contribution is 8.25. The molecule has 0 aromatic heterocycles. The standard InChI is InChI=1S/C28H42N4O5S/c1-2-29-24-17-22(18-25(19-24)32-12-6-7-15-38(32,35)36)28(34)31-26(16-21-8-4-3-5-9-21)27(33)20-30-23-10-13-37-14-11-23/h3-5,8-9,17-19,23,26-27,29-30,33,35-36H,2,6-7,10-16,20H2,1H3,(H,31,34)/t26-,27-/m0/s1. The first kappa shape index (κ1) is 28.7. The molecule has 2 aromatic carbocycles. The number of nitrogens with zero attached hydrogens (tertiary/aromatic N) is 1. The van der Waals surface area contributed by atoms with E-state index in [2.05, 4.69) is 16.0 Å². The van der Waals surface area contributed by atoms with E-state index in [1.165, 1.54) is 0 Å².